The minimum atomic E-state index is -0.926. The van der Waals surface area contributed by atoms with E-state index in [1.807, 2.05) is 12.1 Å². The number of aryl methyl sites for hydroxylation is 2. The lowest BCUT2D eigenvalue weighted by Gasteiger charge is -2.16. The number of esters is 1. The number of hydrogen-bond acceptors (Lipinski definition) is 6. The van der Waals surface area contributed by atoms with E-state index in [1.165, 1.54) is 38.5 Å². The van der Waals surface area contributed by atoms with E-state index >= 15 is 0 Å². The Labute approximate surface area is 164 Å². The molecule has 0 bridgehead atoms. The monoisotopic (exact) mass is 384 g/mol. The fraction of sp³-hybridized carbons (Fsp3) is 0.364. The third-order valence-corrected chi connectivity index (χ3v) is 4.96. The molecule has 0 aromatic heterocycles. The molecule has 0 fully saturated rings. The van der Waals surface area contributed by atoms with Crippen LogP contribution in [0.1, 0.15) is 45.2 Å². The van der Waals surface area contributed by atoms with Crippen LogP contribution in [0.2, 0.25) is 0 Å². The van der Waals surface area contributed by atoms with Crippen molar-refractivity contribution >= 4 is 11.8 Å². The van der Waals surface area contributed by atoms with Gasteiger partial charge in [-0.05, 0) is 43.4 Å². The van der Waals surface area contributed by atoms with Gasteiger partial charge in [0.05, 0.1) is 21.3 Å². The standard InChI is InChI=1S/C22H24O6/c1-13(21(23)16-9-8-14-6-5-7-15(14)10-16)28-22(24)17-11-19(26-3)20(27-4)12-18(17)25-2/h8-13H,5-7H2,1-4H3/t13-/m1/s1. The highest BCUT2D eigenvalue weighted by Gasteiger charge is 2.25. The number of rotatable bonds is 7. The number of hydrogen-bond donors (Lipinski definition) is 0. The van der Waals surface area contributed by atoms with Crippen LogP contribution in [-0.4, -0.2) is 39.2 Å². The largest absolute Gasteiger partial charge is 0.496 e. The number of ketones is 1. The van der Waals surface area contributed by atoms with Gasteiger partial charge in [0.25, 0.3) is 0 Å². The summed E-state index contributed by atoms with van der Waals surface area (Å²) >= 11 is 0. The molecular formula is C22H24O6. The molecule has 148 valence electrons. The second kappa shape index (κ2) is 8.33. The Morgan fingerprint density at radius 3 is 2.18 bits per heavy atom. The summed E-state index contributed by atoms with van der Waals surface area (Å²) in [6.07, 6.45) is 2.21. The van der Waals surface area contributed by atoms with E-state index in [-0.39, 0.29) is 17.1 Å². The molecule has 0 spiro atoms. The van der Waals surface area contributed by atoms with E-state index in [1.54, 1.807) is 19.1 Å². The Morgan fingerprint density at radius 1 is 0.857 bits per heavy atom. The van der Waals surface area contributed by atoms with Gasteiger partial charge in [0, 0.05) is 17.7 Å². The first-order chi connectivity index (χ1) is 13.5. The van der Waals surface area contributed by atoms with E-state index in [0.717, 1.165) is 19.3 Å². The second-order valence-electron chi connectivity index (χ2n) is 6.66. The van der Waals surface area contributed by atoms with Gasteiger partial charge in [-0.2, -0.15) is 0 Å². The normalized spacial score (nSPS) is 13.4. The summed E-state index contributed by atoms with van der Waals surface area (Å²) in [7, 11) is 4.41. The van der Waals surface area contributed by atoms with Crippen molar-refractivity contribution in [2.75, 3.05) is 21.3 Å². The Hall–Kier alpha value is -3.02. The number of benzene rings is 2. The first kappa shape index (κ1) is 19.7. The van der Waals surface area contributed by atoms with Crippen molar-refractivity contribution < 1.29 is 28.5 Å². The predicted octanol–water partition coefficient (Wildman–Crippen LogP) is 3.63. The summed E-state index contributed by atoms with van der Waals surface area (Å²) in [6, 6.07) is 8.72. The van der Waals surface area contributed by atoms with Crippen molar-refractivity contribution in [2.24, 2.45) is 0 Å². The Kier molecular flexibility index (Phi) is 5.87. The number of Topliss-reactive ketones (excluding diaryl/α,β-unsaturated/α-hetero) is 1. The van der Waals surface area contributed by atoms with Crippen LogP contribution in [0.3, 0.4) is 0 Å². The maximum atomic E-state index is 12.7. The highest BCUT2D eigenvalue weighted by Crippen LogP contribution is 2.35. The molecule has 0 saturated carbocycles. The van der Waals surface area contributed by atoms with Gasteiger partial charge in [-0.15, -0.1) is 0 Å². The van der Waals surface area contributed by atoms with Crippen LogP contribution >= 0.6 is 0 Å². The third-order valence-electron chi connectivity index (χ3n) is 4.96. The third kappa shape index (κ3) is 3.81. The quantitative estimate of drug-likeness (QED) is 0.536. The average molecular weight is 384 g/mol. The fourth-order valence-electron chi connectivity index (χ4n) is 3.43. The molecule has 6 heteroatoms. The van der Waals surface area contributed by atoms with E-state index in [4.69, 9.17) is 18.9 Å². The van der Waals surface area contributed by atoms with Crippen molar-refractivity contribution in [2.45, 2.75) is 32.3 Å². The summed E-state index contributed by atoms with van der Waals surface area (Å²) in [5.74, 6) is 0.174. The van der Waals surface area contributed by atoms with Crippen LogP contribution in [0.25, 0.3) is 0 Å². The molecule has 28 heavy (non-hydrogen) atoms. The molecule has 3 rings (SSSR count). The lowest BCUT2D eigenvalue weighted by atomic mass is 10.0. The van der Waals surface area contributed by atoms with Gasteiger partial charge in [-0.25, -0.2) is 4.79 Å². The highest BCUT2D eigenvalue weighted by molar-refractivity contribution is 6.02. The molecule has 0 unspecified atom stereocenters. The van der Waals surface area contributed by atoms with Crippen LogP contribution in [0.5, 0.6) is 17.2 Å². The van der Waals surface area contributed by atoms with Gasteiger partial charge >= 0.3 is 5.97 Å². The van der Waals surface area contributed by atoms with Crippen LogP contribution in [0, 0.1) is 0 Å². The summed E-state index contributed by atoms with van der Waals surface area (Å²) in [5.41, 5.74) is 3.20. The Bertz CT molecular complexity index is 902. The van der Waals surface area contributed by atoms with Crippen molar-refractivity contribution in [3.63, 3.8) is 0 Å². The predicted molar refractivity (Wildman–Crippen MR) is 104 cm³/mol. The maximum absolute atomic E-state index is 12.7. The first-order valence-electron chi connectivity index (χ1n) is 9.15. The molecule has 1 atom stereocenters. The molecule has 1 aliphatic rings. The molecule has 2 aromatic rings. The van der Waals surface area contributed by atoms with Crippen LogP contribution in [0.15, 0.2) is 30.3 Å². The summed E-state index contributed by atoms with van der Waals surface area (Å²) in [5, 5.41) is 0. The zero-order valence-electron chi connectivity index (χ0n) is 16.5. The number of carbonyl (C=O) groups is 2. The molecule has 0 aliphatic heterocycles. The van der Waals surface area contributed by atoms with Gasteiger partial charge in [0.15, 0.2) is 17.6 Å². The fourth-order valence-corrected chi connectivity index (χ4v) is 3.43. The number of ether oxygens (including phenoxy) is 4. The molecule has 0 saturated heterocycles. The Balaban J connectivity index is 1.79. The van der Waals surface area contributed by atoms with E-state index in [9.17, 15) is 9.59 Å². The minimum Gasteiger partial charge on any atom is -0.496 e. The smallest absolute Gasteiger partial charge is 0.342 e. The van der Waals surface area contributed by atoms with Crippen molar-refractivity contribution in [1.82, 2.24) is 0 Å². The maximum Gasteiger partial charge on any atom is 0.342 e. The molecule has 0 amide bonds. The van der Waals surface area contributed by atoms with Crippen molar-refractivity contribution in [1.29, 1.82) is 0 Å². The van der Waals surface area contributed by atoms with Crippen LogP contribution in [-0.2, 0) is 17.6 Å². The average Bonchev–Trinajstić information content (AvgIpc) is 3.19. The first-order valence-corrected chi connectivity index (χ1v) is 9.15. The SMILES string of the molecule is COc1cc(OC)c(C(=O)O[C@H](C)C(=O)c2ccc3c(c2)CCC3)cc1OC. The molecule has 1 aliphatic carbocycles. The zero-order chi connectivity index (χ0) is 20.3. The number of fused-ring (bicyclic) bond motifs is 1. The van der Waals surface area contributed by atoms with Crippen molar-refractivity contribution in [3.05, 3.63) is 52.6 Å². The zero-order valence-corrected chi connectivity index (χ0v) is 16.5. The molecule has 0 N–H and O–H groups in total. The molecular weight excluding hydrogens is 360 g/mol. The second-order valence-corrected chi connectivity index (χ2v) is 6.66. The van der Waals surface area contributed by atoms with Gasteiger partial charge in [-0.3, -0.25) is 4.79 Å². The lowest BCUT2D eigenvalue weighted by molar-refractivity contribution is 0.0315. The minimum absolute atomic E-state index is 0.161. The molecule has 6 nitrogen and oxygen atoms in total. The van der Waals surface area contributed by atoms with E-state index in [2.05, 4.69) is 0 Å². The van der Waals surface area contributed by atoms with Crippen molar-refractivity contribution in [3.8, 4) is 17.2 Å². The van der Waals surface area contributed by atoms with E-state index in [0.29, 0.717) is 17.1 Å². The summed E-state index contributed by atoms with van der Waals surface area (Å²) < 4.78 is 21.1. The van der Waals surface area contributed by atoms with Gasteiger partial charge < -0.3 is 18.9 Å². The molecule has 0 radical (unpaired) electrons. The van der Waals surface area contributed by atoms with Crippen LogP contribution in [0.4, 0.5) is 0 Å². The lowest BCUT2D eigenvalue weighted by Crippen LogP contribution is -2.25. The van der Waals surface area contributed by atoms with Gasteiger partial charge in [0.1, 0.15) is 11.3 Å². The van der Waals surface area contributed by atoms with Gasteiger partial charge in [-0.1, -0.05) is 12.1 Å². The number of carbonyl (C=O) groups excluding carboxylic acids is 2. The summed E-state index contributed by atoms with van der Waals surface area (Å²) in [4.78, 5) is 25.4. The van der Waals surface area contributed by atoms with E-state index < -0.39 is 12.1 Å². The molecule has 0 heterocycles. The number of methoxy groups -OCH3 is 3. The Morgan fingerprint density at radius 2 is 1.50 bits per heavy atom. The molecule has 2 aromatic carbocycles. The summed E-state index contributed by atoms with van der Waals surface area (Å²) in [6.45, 7) is 1.57. The topological polar surface area (TPSA) is 71.1 Å². The highest BCUT2D eigenvalue weighted by atomic mass is 16.5. The van der Waals surface area contributed by atoms with Crippen LogP contribution < -0.4 is 14.2 Å². The van der Waals surface area contributed by atoms with Gasteiger partial charge in [0.2, 0.25) is 5.78 Å².